The van der Waals surface area contributed by atoms with Gasteiger partial charge in [0.25, 0.3) is 0 Å². The first-order chi connectivity index (χ1) is 8.44. The number of rotatable bonds is 7. The number of hydrogen-bond donors (Lipinski definition) is 2. The summed E-state index contributed by atoms with van der Waals surface area (Å²) in [6.45, 7) is 7.67. The zero-order chi connectivity index (χ0) is 13.6. The Hall–Kier alpha value is -1.06. The van der Waals surface area contributed by atoms with Gasteiger partial charge in [0.15, 0.2) is 0 Å². The summed E-state index contributed by atoms with van der Waals surface area (Å²) in [5.41, 5.74) is 0.278. The van der Waals surface area contributed by atoms with E-state index in [1.807, 2.05) is 31.2 Å². The molecule has 0 aromatic heterocycles. The number of nitrogens with one attached hydrogen (secondary N) is 1. The summed E-state index contributed by atoms with van der Waals surface area (Å²) in [7, 11) is 1.66. The second kappa shape index (κ2) is 6.76. The Morgan fingerprint density at radius 2 is 2.00 bits per heavy atom. The second-order valence-corrected chi connectivity index (χ2v) is 5.51. The number of benzene rings is 1. The monoisotopic (exact) mass is 251 g/mol. The predicted molar refractivity (Wildman–Crippen MR) is 75.0 cm³/mol. The molecule has 0 amide bonds. The molecule has 0 radical (unpaired) electrons. The first-order valence-electron chi connectivity index (χ1n) is 6.49. The molecule has 1 rings (SSSR count). The van der Waals surface area contributed by atoms with Gasteiger partial charge in [0, 0.05) is 13.0 Å². The standard InChI is InChI=1S/C15H25NO2/c1-12(2)10-16-11-15(3,17)9-13-7-5-6-8-14(13)18-4/h5-8,12,16-17H,9-11H2,1-4H3. The van der Waals surface area contributed by atoms with Crippen LogP contribution in [0.15, 0.2) is 24.3 Å². The zero-order valence-electron chi connectivity index (χ0n) is 11.9. The van der Waals surface area contributed by atoms with Gasteiger partial charge >= 0.3 is 0 Å². The van der Waals surface area contributed by atoms with Gasteiger partial charge < -0.3 is 15.2 Å². The largest absolute Gasteiger partial charge is 0.496 e. The molecule has 1 aromatic rings. The molecule has 0 aliphatic rings. The molecule has 3 heteroatoms. The molecule has 2 N–H and O–H groups in total. The summed E-state index contributed by atoms with van der Waals surface area (Å²) >= 11 is 0. The molecule has 1 aromatic carbocycles. The lowest BCUT2D eigenvalue weighted by molar-refractivity contribution is 0.0589. The van der Waals surface area contributed by atoms with E-state index < -0.39 is 5.60 Å². The van der Waals surface area contributed by atoms with Crippen LogP contribution in [0, 0.1) is 5.92 Å². The zero-order valence-corrected chi connectivity index (χ0v) is 11.9. The third-order valence-corrected chi connectivity index (χ3v) is 2.82. The highest BCUT2D eigenvalue weighted by atomic mass is 16.5. The van der Waals surface area contributed by atoms with Gasteiger partial charge in [-0.05, 0) is 31.0 Å². The molecule has 102 valence electrons. The highest BCUT2D eigenvalue weighted by molar-refractivity contribution is 5.34. The van der Waals surface area contributed by atoms with E-state index >= 15 is 0 Å². The molecule has 0 aliphatic heterocycles. The molecule has 1 unspecified atom stereocenters. The fourth-order valence-corrected chi connectivity index (χ4v) is 1.95. The first kappa shape index (κ1) is 15.0. The van der Waals surface area contributed by atoms with Crippen molar-refractivity contribution in [2.45, 2.75) is 32.8 Å². The van der Waals surface area contributed by atoms with Gasteiger partial charge in [-0.1, -0.05) is 32.0 Å². The van der Waals surface area contributed by atoms with Gasteiger partial charge in [-0.3, -0.25) is 0 Å². The average molecular weight is 251 g/mol. The molecular weight excluding hydrogens is 226 g/mol. The van der Waals surface area contributed by atoms with Crippen LogP contribution in [0.4, 0.5) is 0 Å². The van der Waals surface area contributed by atoms with E-state index in [9.17, 15) is 5.11 Å². The molecule has 0 heterocycles. The average Bonchev–Trinajstić information content (AvgIpc) is 2.28. The van der Waals surface area contributed by atoms with Crippen LogP contribution in [0.3, 0.4) is 0 Å². The van der Waals surface area contributed by atoms with Gasteiger partial charge in [0.05, 0.1) is 12.7 Å². The van der Waals surface area contributed by atoms with Crippen LogP contribution in [0.2, 0.25) is 0 Å². The van der Waals surface area contributed by atoms with Crippen LogP contribution in [0.25, 0.3) is 0 Å². The Labute approximate surface area is 110 Å². The Morgan fingerprint density at radius 3 is 2.61 bits per heavy atom. The Balaban J connectivity index is 2.58. The topological polar surface area (TPSA) is 41.5 Å². The quantitative estimate of drug-likeness (QED) is 0.781. The number of methoxy groups -OCH3 is 1. The fourth-order valence-electron chi connectivity index (χ4n) is 1.95. The molecular formula is C15H25NO2. The van der Waals surface area contributed by atoms with Gasteiger partial charge in [0.1, 0.15) is 5.75 Å². The highest BCUT2D eigenvalue weighted by Crippen LogP contribution is 2.22. The smallest absolute Gasteiger partial charge is 0.122 e. The van der Waals surface area contributed by atoms with E-state index in [-0.39, 0.29) is 0 Å². The van der Waals surface area contributed by atoms with Crippen LogP contribution < -0.4 is 10.1 Å². The van der Waals surface area contributed by atoms with E-state index in [2.05, 4.69) is 19.2 Å². The maximum Gasteiger partial charge on any atom is 0.122 e. The second-order valence-electron chi connectivity index (χ2n) is 5.51. The van der Waals surface area contributed by atoms with Crippen LogP contribution >= 0.6 is 0 Å². The van der Waals surface area contributed by atoms with Crippen molar-refractivity contribution in [1.82, 2.24) is 5.32 Å². The van der Waals surface area contributed by atoms with Crippen LogP contribution in [0.5, 0.6) is 5.75 Å². The lowest BCUT2D eigenvalue weighted by Gasteiger charge is -2.25. The molecule has 18 heavy (non-hydrogen) atoms. The van der Waals surface area contributed by atoms with Crippen LogP contribution in [-0.2, 0) is 6.42 Å². The van der Waals surface area contributed by atoms with Gasteiger partial charge in [0.2, 0.25) is 0 Å². The Bertz CT molecular complexity index is 361. The van der Waals surface area contributed by atoms with Crippen LogP contribution in [-0.4, -0.2) is 30.9 Å². The maximum atomic E-state index is 10.4. The molecule has 0 bridgehead atoms. The van der Waals surface area contributed by atoms with Crippen molar-refractivity contribution in [2.24, 2.45) is 5.92 Å². The number of para-hydroxylation sites is 1. The minimum atomic E-state index is -0.760. The van der Waals surface area contributed by atoms with E-state index in [4.69, 9.17) is 4.74 Å². The Kier molecular flexibility index (Phi) is 5.63. The molecule has 3 nitrogen and oxygen atoms in total. The minimum Gasteiger partial charge on any atom is -0.496 e. The summed E-state index contributed by atoms with van der Waals surface area (Å²) in [6.07, 6.45) is 0.585. The number of ether oxygens (including phenoxy) is 1. The normalized spacial score (nSPS) is 14.6. The lowest BCUT2D eigenvalue weighted by atomic mass is 9.95. The predicted octanol–water partition coefficient (Wildman–Crippen LogP) is 2.23. The van der Waals surface area contributed by atoms with Gasteiger partial charge in [-0.25, -0.2) is 0 Å². The van der Waals surface area contributed by atoms with Crippen LogP contribution in [0.1, 0.15) is 26.3 Å². The molecule has 0 saturated heterocycles. The molecule has 1 atom stereocenters. The Morgan fingerprint density at radius 1 is 1.33 bits per heavy atom. The molecule has 0 aliphatic carbocycles. The maximum absolute atomic E-state index is 10.4. The van der Waals surface area contributed by atoms with Gasteiger partial charge in [-0.15, -0.1) is 0 Å². The molecule has 0 fully saturated rings. The summed E-state index contributed by atoms with van der Waals surface area (Å²) in [6, 6.07) is 7.83. The summed E-state index contributed by atoms with van der Waals surface area (Å²) in [5, 5.41) is 13.7. The SMILES string of the molecule is COc1ccccc1CC(C)(O)CNCC(C)C. The van der Waals surface area contributed by atoms with Crippen molar-refractivity contribution < 1.29 is 9.84 Å². The lowest BCUT2D eigenvalue weighted by Crippen LogP contribution is -2.41. The van der Waals surface area contributed by atoms with Crippen molar-refractivity contribution >= 4 is 0 Å². The van der Waals surface area contributed by atoms with Crippen molar-refractivity contribution in [3.63, 3.8) is 0 Å². The number of aliphatic hydroxyl groups is 1. The molecule has 0 spiro atoms. The first-order valence-corrected chi connectivity index (χ1v) is 6.49. The highest BCUT2D eigenvalue weighted by Gasteiger charge is 2.22. The van der Waals surface area contributed by atoms with Gasteiger partial charge in [-0.2, -0.15) is 0 Å². The van der Waals surface area contributed by atoms with Crippen molar-refractivity contribution in [3.05, 3.63) is 29.8 Å². The van der Waals surface area contributed by atoms with E-state index in [1.54, 1.807) is 7.11 Å². The minimum absolute atomic E-state index is 0.585. The molecule has 0 saturated carbocycles. The van der Waals surface area contributed by atoms with E-state index in [1.165, 1.54) is 0 Å². The summed E-state index contributed by atoms with van der Waals surface area (Å²) in [5.74, 6) is 1.42. The summed E-state index contributed by atoms with van der Waals surface area (Å²) < 4.78 is 5.30. The van der Waals surface area contributed by atoms with E-state index in [0.29, 0.717) is 18.9 Å². The van der Waals surface area contributed by atoms with Crippen molar-refractivity contribution in [2.75, 3.05) is 20.2 Å². The third kappa shape index (κ3) is 5.07. The van der Waals surface area contributed by atoms with Crippen molar-refractivity contribution in [3.8, 4) is 5.75 Å². The summed E-state index contributed by atoms with van der Waals surface area (Å²) in [4.78, 5) is 0. The van der Waals surface area contributed by atoms with Crippen molar-refractivity contribution in [1.29, 1.82) is 0 Å². The third-order valence-electron chi connectivity index (χ3n) is 2.82. The van der Waals surface area contributed by atoms with E-state index in [0.717, 1.165) is 17.9 Å². The number of hydrogen-bond acceptors (Lipinski definition) is 3. The fraction of sp³-hybridized carbons (Fsp3) is 0.600.